The molecule has 0 fully saturated rings. The highest BCUT2D eigenvalue weighted by atomic mass is 16.5. The lowest BCUT2D eigenvalue weighted by molar-refractivity contribution is -0.161. The molecule has 15 heavy (non-hydrogen) atoms. The molecule has 0 unspecified atom stereocenters. The number of hydrogen-bond donors (Lipinski definition) is 1. The van der Waals surface area contributed by atoms with E-state index in [-0.39, 0.29) is 0 Å². The number of carboxylic acid groups (broad SMARTS) is 1. The fourth-order valence-electron chi connectivity index (χ4n) is 1.13. The number of carboxylic acids is 1. The van der Waals surface area contributed by atoms with Crippen LogP contribution in [0.1, 0.15) is 19.4 Å². The van der Waals surface area contributed by atoms with Gasteiger partial charge in [-0.3, -0.25) is 0 Å². The van der Waals surface area contributed by atoms with Gasteiger partial charge >= 0.3 is 5.97 Å². The third-order valence-corrected chi connectivity index (χ3v) is 2.21. The molecule has 1 aromatic carbocycles. The average molecular weight is 208 g/mol. The van der Waals surface area contributed by atoms with Crippen molar-refractivity contribution in [3.05, 3.63) is 35.9 Å². The monoisotopic (exact) mass is 208 g/mol. The van der Waals surface area contributed by atoms with Crippen molar-refractivity contribution < 1.29 is 14.6 Å². The molecule has 0 aliphatic rings. The Kier molecular flexibility index (Phi) is 3.86. The van der Waals surface area contributed by atoms with Crippen molar-refractivity contribution in [2.45, 2.75) is 25.9 Å². The smallest absolute Gasteiger partial charge is 0.335 e. The van der Waals surface area contributed by atoms with E-state index in [1.54, 1.807) is 13.8 Å². The van der Waals surface area contributed by atoms with Crippen molar-refractivity contribution in [1.82, 2.24) is 0 Å². The molecule has 1 aromatic rings. The molecule has 0 atom stereocenters. The minimum absolute atomic E-state index is 0.420. The van der Waals surface area contributed by atoms with Gasteiger partial charge in [0.15, 0.2) is 5.60 Å². The van der Waals surface area contributed by atoms with Gasteiger partial charge in [-0.15, -0.1) is 0 Å². The first-order chi connectivity index (χ1) is 7.02. The summed E-state index contributed by atoms with van der Waals surface area (Å²) in [6.45, 7) is 3.53. The molecule has 82 valence electrons. The summed E-state index contributed by atoms with van der Waals surface area (Å²) in [5.41, 5.74) is 0.0492. The lowest BCUT2D eigenvalue weighted by Gasteiger charge is -2.19. The lowest BCUT2D eigenvalue weighted by Crippen LogP contribution is -2.35. The summed E-state index contributed by atoms with van der Waals surface area (Å²) in [6.07, 6.45) is 0.734. The lowest BCUT2D eigenvalue weighted by atomic mass is 10.1. The molecule has 0 aromatic heterocycles. The van der Waals surface area contributed by atoms with E-state index in [9.17, 15) is 4.79 Å². The second kappa shape index (κ2) is 4.94. The summed E-state index contributed by atoms with van der Waals surface area (Å²) in [4.78, 5) is 10.7. The Hall–Kier alpha value is -1.35. The van der Waals surface area contributed by atoms with E-state index in [1.807, 2.05) is 30.3 Å². The first-order valence-electron chi connectivity index (χ1n) is 4.93. The molecule has 0 saturated carbocycles. The zero-order valence-corrected chi connectivity index (χ0v) is 9.06. The maximum atomic E-state index is 10.7. The van der Waals surface area contributed by atoms with E-state index >= 15 is 0 Å². The average Bonchev–Trinajstić information content (AvgIpc) is 2.19. The van der Waals surface area contributed by atoms with Crippen molar-refractivity contribution in [3.8, 4) is 0 Å². The van der Waals surface area contributed by atoms with E-state index in [0.29, 0.717) is 6.61 Å². The molecule has 0 radical (unpaired) electrons. The van der Waals surface area contributed by atoms with Crippen LogP contribution in [0.2, 0.25) is 0 Å². The third kappa shape index (κ3) is 3.72. The third-order valence-electron chi connectivity index (χ3n) is 2.21. The number of carbonyl (C=O) groups is 1. The van der Waals surface area contributed by atoms with Gasteiger partial charge in [0.1, 0.15) is 0 Å². The fourth-order valence-corrected chi connectivity index (χ4v) is 1.13. The van der Waals surface area contributed by atoms with Crippen LogP contribution >= 0.6 is 0 Å². The van der Waals surface area contributed by atoms with Crippen LogP contribution in [0.15, 0.2) is 30.3 Å². The number of rotatable bonds is 5. The molecule has 0 saturated heterocycles. The highest BCUT2D eigenvalue weighted by Gasteiger charge is 2.27. The maximum Gasteiger partial charge on any atom is 0.335 e. The molecule has 0 aliphatic heterocycles. The highest BCUT2D eigenvalue weighted by Crippen LogP contribution is 2.10. The maximum absolute atomic E-state index is 10.7. The normalized spacial score (nSPS) is 11.3. The van der Waals surface area contributed by atoms with Gasteiger partial charge in [-0.2, -0.15) is 0 Å². The minimum atomic E-state index is -1.10. The van der Waals surface area contributed by atoms with Gasteiger partial charge in [-0.25, -0.2) is 4.79 Å². The largest absolute Gasteiger partial charge is 0.479 e. The molecular weight excluding hydrogens is 192 g/mol. The zero-order valence-electron chi connectivity index (χ0n) is 9.06. The Morgan fingerprint density at radius 2 is 1.93 bits per heavy atom. The molecule has 1 rings (SSSR count). The van der Waals surface area contributed by atoms with Crippen LogP contribution in [-0.4, -0.2) is 23.3 Å². The van der Waals surface area contributed by atoms with Gasteiger partial charge < -0.3 is 9.84 Å². The van der Waals surface area contributed by atoms with E-state index in [0.717, 1.165) is 12.0 Å². The number of hydrogen-bond acceptors (Lipinski definition) is 2. The van der Waals surface area contributed by atoms with Gasteiger partial charge in [0.2, 0.25) is 0 Å². The van der Waals surface area contributed by atoms with Crippen LogP contribution in [0.5, 0.6) is 0 Å². The first kappa shape index (κ1) is 11.7. The number of ether oxygens (including phenoxy) is 1. The molecule has 1 N–H and O–H groups in total. The van der Waals surface area contributed by atoms with Gasteiger partial charge in [-0.05, 0) is 25.8 Å². The summed E-state index contributed by atoms with van der Waals surface area (Å²) in [5.74, 6) is -0.935. The van der Waals surface area contributed by atoms with Gasteiger partial charge in [0, 0.05) is 0 Å². The molecule has 3 nitrogen and oxygen atoms in total. The summed E-state index contributed by atoms with van der Waals surface area (Å²) in [5, 5.41) is 8.81. The Morgan fingerprint density at radius 3 is 2.47 bits per heavy atom. The van der Waals surface area contributed by atoms with Crippen LogP contribution < -0.4 is 0 Å². The van der Waals surface area contributed by atoms with Crippen molar-refractivity contribution in [2.75, 3.05) is 6.61 Å². The number of aliphatic carboxylic acids is 1. The van der Waals surface area contributed by atoms with Crippen molar-refractivity contribution >= 4 is 5.97 Å². The summed E-state index contributed by atoms with van der Waals surface area (Å²) in [7, 11) is 0. The van der Waals surface area contributed by atoms with E-state index in [1.165, 1.54) is 0 Å². The summed E-state index contributed by atoms with van der Waals surface area (Å²) in [6, 6.07) is 9.86. The first-order valence-corrected chi connectivity index (χ1v) is 4.93. The van der Waals surface area contributed by atoms with Crippen LogP contribution in [-0.2, 0) is 16.0 Å². The van der Waals surface area contributed by atoms with Crippen LogP contribution in [0.25, 0.3) is 0 Å². The molecular formula is C12H16O3. The van der Waals surface area contributed by atoms with E-state index in [2.05, 4.69) is 0 Å². The standard InChI is InChI=1S/C12H16O3/c1-12(2,11(13)14)15-9-8-10-6-4-3-5-7-10/h3-7H,8-9H2,1-2H3,(H,13,14). The number of benzene rings is 1. The fraction of sp³-hybridized carbons (Fsp3) is 0.417. The van der Waals surface area contributed by atoms with Crippen molar-refractivity contribution in [1.29, 1.82) is 0 Å². The summed E-state index contributed by atoms with van der Waals surface area (Å²) < 4.78 is 5.30. The van der Waals surface area contributed by atoms with Crippen molar-refractivity contribution in [2.24, 2.45) is 0 Å². The molecule has 0 amide bonds. The predicted octanol–water partition coefficient (Wildman–Crippen LogP) is 2.11. The highest BCUT2D eigenvalue weighted by molar-refractivity contribution is 5.76. The van der Waals surface area contributed by atoms with E-state index < -0.39 is 11.6 Å². The second-order valence-electron chi connectivity index (χ2n) is 3.90. The quantitative estimate of drug-likeness (QED) is 0.806. The Balaban J connectivity index is 2.37. The van der Waals surface area contributed by atoms with E-state index in [4.69, 9.17) is 9.84 Å². The SMILES string of the molecule is CC(C)(OCCc1ccccc1)C(=O)O. The van der Waals surface area contributed by atoms with Crippen LogP contribution in [0, 0.1) is 0 Å². The zero-order chi connectivity index (χ0) is 11.3. The second-order valence-corrected chi connectivity index (χ2v) is 3.90. The molecule has 3 heteroatoms. The Bertz CT molecular complexity index is 317. The molecule has 0 bridgehead atoms. The van der Waals surface area contributed by atoms with Crippen LogP contribution in [0.4, 0.5) is 0 Å². The van der Waals surface area contributed by atoms with Crippen LogP contribution in [0.3, 0.4) is 0 Å². The minimum Gasteiger partial charge on any atom is -0.479 e. The van der Waals surface area contributed by atoms with Gasteiger partial charge in [-0.1, -0.05) is 30.3 Å². The molecule has 0 heterocycles. The Labute approximate surface area is 89.7 Å². The summed E-state index contributed by atoms with van der Waals surface area (Å²) >= 11 is 0. The van der Waals surface area contributed by atoms with Gasteiger partial charge in [0.05, 0.1) is 6.61 Å². The van der Waals surface area contributed by atoms with Crippen molar-refractivity contribution in [3.63, 3.8) is 0 Å². The van der Waals surface area contributed by atoms with Gasteiger partial charge in [0.25, 0.3) is 0 Å². The molecule has 0 aliphatic carbocycles. The Morgan fingerprint density at radius 1 is 1.33 bits per heavy atom. The topological polar surface area (TPSA) is 46.5 Å². The molecule has 0 spiro atoms. The predicted molar refractivity (Wildman–Crippen MR) is 57.8 cm³/mol.